The van der Waals surface area contributed by atoms with Crippen molar-refractivity contribution >= 4 is 23.1 Å². The topological polar surface area (TPSA) is 66.4 Å². The van der Waals surface area contributed by atoms with Gasteiger partial charge in [0.2, 0.25) is 5.91 Å². The third-order valence-corrected chi connectivity index (χ3v) is 2.73. The fraction of sp³-hybridized carbons (Fsp3) is 0.231. The van der Waals surface area contributed by atoms with Gasteiger partial charge in [-0.05, 0) is 37.1 Å². The number of amides is 1. The van der Waals surface area contributed by atoms with Crippen molar-refractivity contribution in [1.82, 2.24) is 0 Å². The van der Waals surface area contributed by atoms with Crippen molar-refractivity contribution in [3.8, 4) is 0 Å². The fourth-order valence-electron chi connectivity index (χ4n) is 2.01. The van der Waals surface area contributed by atoms with Gasteiger partial charge in [-0.15, -0.1) is 0 Å². The Labute approximate surface area is 99.0 Å². The van der Waals surface area contributed by atoms with Crippen LogP contribution in [-0.4, -0.2) is 17.0 Å². The molecule has 0 unspecified atom stereocenters. The lowest BCUT2D eigenvalue weighted by atomic mass is 9.98. The summed E-state index contributed by atoms with van der Waals surface area (Å²) in [5.74, 6) is -0.992. The molecule has 0 atom stereocenters. The quantitative estimate of drug-likeness (QED) is 0.765. The van der Waals surface area contributed by atoms with Gasteiger partial charge in [0.25, 0.3) is 0 Å². The van der Waals surface area contributed by atoms with Crippen LogP contribution in [0.3, 0.4) is 0 Å². The van der Waals surface area contributed by atoms with Gasteiger partial charge in [-0.1, -0.05) is 11.6 Å². The number of carbonyl (C=O) groups is 2. The number of nitrogens with one attached hydrogen (secondary N) is 1. The average Bonchev–Trinajstić information content (AvgIpc) is 2.56. The second-order valence-corrected chi connectivity index (χ2v) is 4.28. The highest BCUT2D eigenvalue weighted by Crippen LogP contribution is 2.28. The van der Waals surface area contributed by atoms with Crippen LogP contribution in [0.4, 0.5) is 5.69 Å². The highest BCUT2D eigenvalue weighted by molar-refractivity contribution is 6.16. The average molecular weight is 231 g/mol. The Bertz CT molecular complexity index is 540. The minimum absolute atomic E-state index is 0.0498. The predicted molar refractivity (Wildman–Crippen MR) is 64.7 cm³/mol. The first-order valence-corrected chi connectivity index (χ1v) is 5.33. The zero-order valence-electron chi connectivity index (χ0n) is 9.70. The summed E-state index contributed by atoms with van der Waals surface area (Å²) in [7, 11) is 0. The van der Waals surface area contributed by atoms with E-state index >= 15 is 0 Å². The number of rotatable bonds is 2. The van der Waals surface area contributed by atoms with Crippen LogP contribution in [0.2, 0.25) is 0 Å². The molecular formula is C13H13NO3. The number of hydrogen-bond donors (Lipinski definition) is 2. The highest BCUT2D eigenvalue weighted by atomic mass is 16.4. The summed E-state index contributed by atoms with van der Waals surface area (Å²) >= 11 is 0. The summed E-state index contributed by atoms with van der Waals surface area (Å²) in [5, 5.41) is 11.9. The van der Waals surface area contributed by atoms with Gasteiger partial charge in [0.05, 0.1) is 12.0 Å². The van der Waals surface area contributed by atoms with Crippen LogP contribution in [0.25, 0.3) is 5.57 Å². The molecule has 0 fully saturated rings. The van der Waals surface area contributed by atoms with E-state index in [0.717, 1.165) is 16.8 Å². The molecule has 1 aromatic rings. The molecule has 17 heavy (non-hydrogen) atoms. The van der Waals surface area contributed by atoms with E-state index in [1.807, 2.05) is 0 Å². The molecule has 1 heterocycles. The maximum atomic E-state index is 11.2. The Hall–Kier alpha value is -2.10. The van der Waals surface area contributed by atoms with Gasteiger partial charge in [0.1, 0.15) is 0 Å². The predicted octanol–water partition coefficient (Wildman–Crippen LogP) is 2.06. The Kier molecular flexibility index (Phi) is 2.71. The maximum Gasteiger partial charge on any atom is 0.336 e. The molecular weight excluding hydrogens is 218 g/mol. The maximum absolute atomic E-state index is 11.2. The third-order valence-electron chi connectivity index (χ3n) is 2.73. The summed E-state index contributed by atoms with van der Waals surface area (Å²) in [6.45, 7) is 3.53. The van der Waals surface area contributed by atoms with Crippen LogP contribution in [0, 0.1) is 0 Å². The monoisotopic (exact) mass is 231 g/mol. The number of carbonyl (C=O) groups excluding carboxylic acids is 1. The molecule has 88 valence electrons. The summed E-state index contributed by atoms with van der Waals surface area (Å²) in [6.07, 6.45) is 0.318. The van der Waals surface area contributed by atoms with Crippen molar-refractivity contribution in [1.29, 1.82) is 0 Å². The number of fused-ring (bicyclic) bond motifs is 1. The first-order valence-electron chi connectivity index (χ1n) is 5.33. The van der Waals surface area contributed by atoms with Gasteiger partial charge in [0, 0.05) is 5.69 Å². The molecule has 0 radical (unpaired) electrons. The number of carboxylic acids is 1. The van der Waals surface area contributed by atoms with Gasteiger partial charge in [-0.2, -0.15) is 0 Å². The first-order chi connectivity index (χ1) is 7.99. The molecule has 0 saturated heterocycles. The Morgan fingerprint density at radius 2 is 2.06 bits per heavy atom. The number of carboxylic acid groups (broad SMARTS) is 1. The van der Waals surface area contributed by atoms with Crippen molar-refractivity contribution in [2.45, 2.75) is 20.3 Å². The molecule has 1 aliphatic heterocycles. The number of anilines is 1. The lowest BCUT2D eigenvalue weighted by Crippen LogP contribution is -2.03. The largest absolute Gasteiger partial charge is 0.478 e. The van der Waals surface area contributed by atoms with Gasteiger partial charge in [-0.3, -0.25) is 4.79 Å². The Morgan fingerprint density at radius 3 is 2.65 bits per heavy atom. The molecule has 1 aliphatic rings. The fourth-order valence-corrected chi connectivity index (χ4v) is 2.01. The lowest BCUT2D eigenvalue weighted by molar-refractivity contribution is -0.130. The molecule has 0 saturated carbocycles. The molecule has 0 spiro atoms. The summed E-state index contributed by atoms with van der Waals surface area (Å²) < 4.78 is 0. The van der Waals surface area contributed by atoms with Crippen molar-refractivity contribution in [2.75, 3.05) is 5.32 Å². The van der Waals surface area contributed by atoms with Crippen molar-refractivity contribution in [2.24, 2.45) is 0 Å². The van der Waals surface area contributed by atoms with Crippen LogP contribution >= 0.6 is 0 Å². The van der Waals surface area contributed by atoms with Gasteiger partial charge < -0.3 is 10.4 Å². The molecule has 0 aromatic heterocycles. The molecule has 2 N–H and O–H groups in total. The standard InChI is InChI=1S/C13H13NO3/c1-7(2)12(13(16)17)8-3-4-10-9(5-8)6-11(15)14-10/h3-5H,6H2,1-2H3,(H,14,15)(H,16,17). The second kappa shape index (κ2) is 4.05. The molecule has 4 heteroatoms. The molecule has 1 aromatic carbocycles. The SMILES string of the molecule is CC(C)=C(C(=O)O)c1ccc2c(c1)CC(=O)N2. The van der Waals surface area contributed by atoms with Gasteiger partial charge >= 0.3 is 5.97 Å². The summed E-state index contributed by atoms with van der Waals surface area (Å²) in [5.41, 5.74) is 3.32. The van der Waals surface area contributed by atoms with Crippen LogP contribution in [0.5, 0.6) is 0 Å². The van der Waals surface area contributed by atoms with E-state index in [1.54, 1.807) is 32.0 Å². The zero-order valence-corrected chi connectivity index (χ0v) is 9.70. The Morgan fingerprint density at radius 1 is 1.35 bits per heavy atom. The van der Waals surface area contributed by atoms with E-state index in [9.17, 15) is 9.59 Å². The van der Waals surface area contributed by atoms with Crippen LogP contribution in [-0.2, 0) is 16.0 Å². The zero-order chi connectivity index (χ0) is 12.6. The minimum Gasteiger partial charge on any atom is -0.478 e. The van der Waals surface area contributed by atoms with Crippen molar-refractivity contribution in [3.63, 3.8) is 0 Å². The minimum atomic E-state index is -0.942. The van der Waals surface area contributed by atoms with E-state index in [1.165, 1.54) is 0 Å². The molecule has 4 nitrogen and oxygen atoms in total. The lowest BCUT2D eigenvalue weighted by Gasteiger charge is -2.07. The van der Waals surface area contributed by atoms with E-state index in [4.69, 9.17) is 5.11 Å². The summed E-state index contributed by atoms with van der Waals surface area (Å²) in [6, 6.07) is 5.24. The van der Waals surface area contributed by atoms with Crippen molar-refractivity contribution in [3.05, 3.63) is 34.9 Å². The highest BCUT2D eigenvalue weighted by Gasteiger charge is 2.20. The Balaban J connectivity index is 2.49. The van der Waals surface area contributed by atoms with E-state index < -0.39 is 5.97 Å². The van der Waals surface area contributed by atoms with Crippen LogP contribution in [0.1, 0.15) is 25.0 Å². The third kappa shape index (κ3) is 2.06. The van der Waals surface area contributed by atoms with Crippen LogP contribution in [0.15, 0.2) is 23.8 Å². The van der Waals surface area contributed by atoms with Gasteiger partial charge in [0.15, 0.2) is 0 Å². The smallest absolute Gasteiger partial charge is 0.336 e. The van der Waals surface area contributed by atoms with Gasteiger partial charge in [-0.25, -0.2) is 4.79 Å². The normalized spacial score (nSPS) is 12.9. The number of benzene rings is 1. The summed E-state index contributed by atoms with van der Waals surface area (Å²) in [4.78, 5) is 22.4. The molecule has 1 amide bonds. The van der Waals surface area contributed by atoms with E-state index in [0.29, 0.717) is 17.6 Å². The van der Waals surface area contributed by atoms with Crippen LogP contribution < -0.4 is 5.32 Å². The first kappa shape index (κ1) is 11.4. The van der Waals surface area contributed by atoms with E-state index in [-0.39, 0.29) is 5.91 Å². The van der Waals surface area contributed by atoms with Crippen molar-refractivity contribution < 1.29 is 14.7 Å². The second-order valence-electron chi connectivity index (χ2n) is 4.28. The number of aliphatic carboxylic acids is 1. The molecule has 2 rings (SSSR count). The number of allylic oxidation sites excluding steroid dienone is 1. The molecule has 0 aliphatic carbocycles. The van der Waals surface area contributed by atoms with E-state index in [2.05, 4.69) is 5.32 Å². The molecule has 0 bridgehead atoms. The number of hydrogen-bond acceptors (Lipinski definition) is 2.